The first-order chi connectivity index (χ1) is 8.31. The first-order valence-corrected chi connectivity index (χ1v) is 6.12. The van der Waals surface area contributed by atoms with Gasteiger partial charge in [-0.05, 0) is 23.1 Å². The summed E-state index contributed by atoms with van der Waals surface area (Å²) in [4.78, 5) is 0. The summed E-state index contributed by atoms with van der Waals surface area (Å²) in [7, 11) is 0. The Balaban J connectivity index is 2.55. The Morgan fingerprint density at radius 3 is 2.53 bits per heavy atom. The van der Waals surface area contributed by atoms with Gasteiger partial charge in [-0.1, -0.05) is 36.4 Å². The van der Waals surface area contributed by atoms with Crippen molar-refractivity contribution in [2.24, 2.45) is 0 Å². The molecule has 1 nitrogen and oxygen atoms in total. The molecule has 0 saturated heterocycles. The van der Waals surface area contributed by atoms with Gasteiger partial charge in [-0.3, -0.25) is 0 Å². The van der Waals surface area contributed by atoms with Gasteiger partial charge in [0, 0.05) is 13.0 Å². The van der Waals surface area contributed by atoms with Gasteiger partial charge in [-0.2, -0.15) is 0 Å². The molecule has 0 atom stereocenters. The van der Waals surface area contributed by atoms with Crippen LogP contribution >= 0.6 is 0 Å². The summed E-state index contributed by atoms with van der Waals surface area (Å²) < 4.78 is 2.30. The maximum Gasteiger partial charge on any atom is 0.186 e. The second-order valence-corrected chi connectivity index (χ2v) is 4.44. The van der Waals surface area contributed by atoms with Crippen molar-refractivity contribution in [3.63, 3.8) is 0 Å². The van der Waals surface area contributed by atoms with Crippen LogP contribution in [-0.4, -0.2) is 0 Å². The molecule has 0 radical (unpaired) electrons. The summed E-state index contributed by atoms with van der Waals surface area (Å²) >= 11 is 0. The third kappa shape index (κ3) is 1.50. The minimum absolute atomic E-state index is 1.02. The fourth-order valence-corrected chi connectivity index (χ4v) is 2.60. The smallest absolute Gasteiger partial charge is 0.186 e. The molecule has 3 aromatic rings. The van der Waals surface area contributed by atoms with Crippen molar-refractivity contribution < 1.29 is 4.57 Å². The number of rotatable bonds is 1. The molecule has 0 N–H and O–H groups in total. The summed E-state index contributed by atoms with van der Waals surface area (Å²) in [6.45, 7) is 5.41. The highest BCUT2D eigenvalue weighted by molar-refractivity contribution is 6.07. The molecule has 84 valence electrons. The zero-order valence-corrected chi connectivity index (χ0v) is 10.3. The van der Waals surface area contributed by atoms with Gasteiger partial charge in [0.05, 0.1) is 5.39 Å². The number of hydrogen-bond acceptors (Lipinski definition) is 0. The highest BCUT2D eigenvalue weighted by atomic mass is 14.9. The Kier molecular flexibility index (Phi) is 2.32. The number of benzene rings is 2. The summed E-state index contributed by atoms with van der Waals surface area (Å²) in [5, 5.41) is 5.38. The zero-order chi connectivity index (χ0) is 11.8. The molecule has 2 aromatic carbocycles. The van der Waals surface area contributed by atoms with E-state index in [0.717, 1.165) is 6.54 Å². The van der Waals surface area contributed by atoms with E-state index in [2.05, 4.69) is 67.1 Å². The Morgan fingerprint density at radius 2 is 1.71 bits per heavy atom. The molecule has 0 aliphatic rings. The molecule has 0 amide bonds. The highest BCUT2D eigenvalue weighted by Crippen LogP contribution is 2.26. The highest BCUT2D eigenvalue weighted by Gasteiger charge is 2.11. The summed E-state index contributed by atoms with van der Waals surface area (Å²) in [6.07, 6.45) is 2.17. The first kappa shape index (κ1) is 10.3. The van der Waals surface area contributed by atoms with Crippen LogP contribution in [-0.2, 0) is 6.54 Å². The number of hydrogen-bond donors (Lipinski definition) is 0. The van der Waals surface area contributed by atoms with Crippen LogP contribution in [0.4, 0.5) is 0 Å². The molecule has 1 heterocycles. The van der Waals surface area contributed by atoms with Crippen molar-refractivity contribution >= 4 is 21.5 Å². The van der Waals surface area contributed by atoms with E-state index in [1.807, 2.05) is 0 Å². The molecule has 0 fully saturated rings. The van der Waals surface area contributed by atoms with Gasteiger partial charge in [0.15, 0.2) is 11.9 Å². The Hall–Kier alpha value is -1.89. The third-order valence-electron chi connectivity index (χ3n) is 3.53. The second-order valence-electron chi connectivity index (χ2n) is 4.44. The fourth-order valence-electron chi connectivity index (χ4n) is 2.60. The maximum atomic E-state index is 2.30. The van der Waals surface area contributed by atoms with E-state index in [4.69, 9.17) is 0 Å². The van der Waals surface area contributed by atoms with E-state index >= 15 is 0 Å². The lowest BCUT2D eigenvalue weighted by Gasteiger charge is -2.06. The third-order valence-corrected chi connectivity index (χ3v) is 3.53. The van der Waals surface area contributed by atoms with E-state index in [9.17, 15) is 0 Å². The van der Waals surface area contributed by atoms with Crippen LogP contribution in [0.1, 0.15) is 12.6 Å². The fraction of sp³-hybridized carbons (Fsp3) is 0.188. The van der Waals surface area contributed by atoms with Gasteiger partial charge < -0.3 is 0 Å². The first-order valence-electron chi connectivity index (χ1n) is 6.12. The predicted molar refractivity (Wildman–Crippen MR) is 72.1 cm³/mol. The van der Waals surface area contributed by atoms with Crippen LogP contribution < -0.4 is 4.57 Å². The van der Waals surface area contributed by atoms with Gasteiger partial charge in [0.1, 0.15) is 6.54 Å². The summed E-state index contributed by atoms with van der Waals surface area (Å²) in [5.74, 6) is 0. The molecule has 1 aromatic heterocycles. The minimum atomic E-state index is 1.02. The SMILES string of the molecule is CC[n+]1ccc2ccc3ccccc3c2c1C. The van der Waals surface area contributed by atoms with Gasteiger partial charge in [0.2, 0.25) is 0 Å². The average Bonchev–Trinajstić information content (AvgIpc) is 2.38. The minimum Gasteiger partial charge on any atom is -0.202 e. The van der Waals surface area contributed by atoms with Crippen LogP contribution in [0.2, 0.25) is 0 Å². The van der Waals surface area contributed by atoms with E-state index in [1.165, 1.54) is 27.2 Å². The monoisotopic (exact) mass is 222 g/mol. The number of pyridine rings is 1. The van der Waals surface area contributed by atoms with Crippen molar-refractivity contribution in [3.8, 4) is 0 Å². The zero-order valence-electron chi connectivity index (χ0n) is 10.3. The largest absolute Gasteiger partial charge is 0.202 e. The van der Waals surface area contributed by atoms with E-state index in [-0.39, 0.29) is 0 Å². The van der Waals surface area contributed by atoms with Crippen LogP contribution in [0.3, 0.4) is 0 Å². The Labute approximate surface area is 101 Å². The van der Waals surface area contributed by atoms with Gasteiger partial charge in [-0.25, -0.2) is 4.57 Å². The lowest BCUT2D eigenvalue weighted by atomic mass is 10.0. The Bertz CT molecular complexity index is 698. The molecule has 0 aliphatic carbocycles. The average molecular weight is 222 g/mol. The van der Waals surface area contributed by atoms with Crippen LogP contribution in [0.5, 0.6) is 0 Å². The standard InChI is InChI=1S/C16H16N/c1-3-17-11-10-14-9-8-13-6-4-5-7-15(13)16(14)12(17)2/h4-11H,3H2,1-2H3/q+1. The number of nitrogens with zero attached hydrogens (tertiary/aromatic N) is 1. The number of aromatic nitrogens is 1. The topological polar surface area (TPSA) is 3.88 Å². The molecule has 17 heavy (non-hydrogen) atoms. The lowest BCUT2D eigenvalue weighted by Crippen LogP contribution is -2.35. The van der Waals surface area contributed by atoms with Crippen LogP contribution in [0, 0.1) is 6.92 Å². The predicted octanol–water partition coefficient (Wildman–Crippen LogP) is 3.61. The summed E-state index contributed by atoms with van der Waals surface area (Å²) in [5.41, 5.74) is 1.35. The normalized spacial score (nSPS) is 11.2. The van der Waals surface area contributed by atoms with Crippen molar-refractivity contribution in [3.05, 3.63) is 54.4 Å². The molecule has 3 rings (SSSR count). The van der Waals surface area contributed by atoms with E-state index in [1.54, 1.807) is 0 Å². The van der Waals surface area contributed by atoms with Gasteiger partial charge in [-0.15, -0.1) is 0 Å². The molecule has 0 spiro atoms. The number of fused-ring (bicyclic) bond motifs is 3. The van der Waals surface area contributed by atoms with Crippen LogP contribution in [0.25, 0.3) is 21.5 Å². The Morgan fingerprint density at radius 1 is 0.941 bits per heavy atom. The van der Waals surface area contributed by atoms with Crippen molar-refractivity contribution in [2.45, 2.75) is 20.4 Å². The summed E-state index contributed by atoms with van der Waals surface area (Å²) in [6, 6.07) is 15.2. The lowest BCUT2D eigenvalue weighted by molar-refractivity contribution is -0.698. The molecule has 0 bridgehead atoms. The van der Waals surface area contributed by atoms with Crippen molar-refractivity contribution in [1.29, 1.82) is 0 Å². The maximum absolute atomic E-state index is 2.30. The molecule has 1 heteroatoms. The van der Waals surface area contributed by atoms with E-state index in [0.29, 0.717) is 0 Å². The second kappa shape index (κ2) is 3.85. The van der Waals surface area contributed by atoms with Gasteiger partial charge in [0.25, 0.3) is 0 Å². The molecule has 0 unspecified atom stereocenters. The molecule has 0 saturated carbocycles. The van der Waals surface area contributed by atoms with Gasteiger partial charge >= 0.3 is 0 Å². The van der Waals surface area contributed by atoms with Crippen LogP contribution in [0.15, 0.2) is 48.7 Å². The molecular formula is C16H16N+. The number of aryl methyl sites for hydroxylation is 2. The molecular weight excluding hydrogens is 206 g/mol. The van der Waals surface area contributed by atoms with E-state index < -0.39 is 0 Å². The van der Waals surface area contributed by atoms with Crippen molar-refractivity contribution in [2.75, 3.05) is 0 Å². The quantitative estimate of drug-likeness (QED) is 0.437. The molecule has 0 aliphatic heterocycles. The van der Waals surface area contributed by atoms with Crippen molar-refractivity contribution in [1.82, 2.24) is 0 Å².